The fraction of sp³-hybridized carbons (Fsp3) is 0.560. The van der Waals surface area contributed by atoms with Crippen LogP contribution in [0.15, 0.2) is 30.3 Å². The number of anilines is 1. The van der Waals surface area contributed by atoms with Crippen molar-refractivity contribution in [3.8, 4) is 5.69 Å². The fourth-order valence-corrected chi connectivity index (χ4v) is 3.15. The third-order valence-corrected chi connectivity index (χ3v) is 5.07. The molecule has 0 spiro atoms. The SMILES string of the molecule is CCCCN(CC(=O)Nc1cc(C(C)(C)C)nn1-c1ccc(C)cc1)C(=O)C(C)(C)C. The van der Waals surface area contributed by atoms with E-state index in [1.165, 1.54) is 0 Å². The van der Waals surface area contributed by atoms with Gasteiger partial charge in [0.2, 0.25) is 11.8 Å². The number of amides is 2. The van der Waals surface area contributed by atoms with Gasteiger partial charge in [-0.05, 0) is 25.5 Å². The number of benzene rings is 1. The minimum absolute atomic E-state index is 0.0153. The molecule has 0 radical (unpaired) electrons. The maximum Gasteiger partial charge on any atom is 0.245 e. The van der Waals surface area contributed by atoms with Crippen LogP contribution in [0.1, 0.15) is 72.6 Å². The molecule has 1 aromatic heterocycles. The number of aryl methyl sites for hydroxylation is 1. The summed E-state index contributed by atoms with van der Waals surface area (Å²) in [5.41, 5.74) is 2.23. The average molecular weight is 427 g/mol. The summed E-state index contributed by atoms with van der Waals surface area (Å²) in [7, 11) is 0. The number of unbranched alkanes of at least 4 members (excludes halogenated alkanes) is 1. The Morgan fingerprint density at radius 1 is 1.06 bits per heavy atom. The van der Waals surface area contributed by atoms with Crippen LogP contribution in [0.5, 0.6) is 0 Å². The van der Waals surface area contributed by atoms with Gasteiger partial charge < -0.3 is 10.2 Å². The van der Waals surface area contributed by atoms with Crippen molar-refractivity contribution < 1.29 is 9.59 Å². The topological polar surface area (TPSA) is 67.2 Å². The highest BCUT2D eigenvalue weighted by molar-refractivity contribution is 5.95. The monoisotopic (exact) mass is 426 g/mol. The van der Waals surface area contributed by atoms with Crippen molar-refractivity contribution in [2.75, 3.05) is 18.4 Å². The van der Waals surface area contributed by atoms with Crippen LogP contribution in [0.2, 0.25) is 0 Å². The number of rotatable bonds is 7. The van der Waals surface area contributed by atoms with Crippen LogP contribution in [0.4, 0.5) is 5.82 Å². The molecule has 0 unspecified atom stereocenters. The predicted molar refractivity (Wildman–Crippen MR) is 127 cm³/mol. The molecule has 1 heterocycles. The van der Waals surface area contributed by atoms with Gasteiger partial charge in [0, 0.05) is 23.4 Å². The first-order valence-electron chi connectivity index (χ1n) is 11.1. The predicted octanol–water partition coefficient (Wildman–Crippen LogP) is 5.09. The van der Waals surface area contributed by atoms with E-state index in [-0.39, 0.29) is 23.8 Å². The third kappa shape index (κ3) is 6.68. The van der Waals surface area contributed by atoms with E-state index in [4.69, 9.17) is 5.10 Å². The van der Waals surface area contributed by atoms with Crippen molar-refractivity contribution in [3.63, 3.8) is 0 Å². The Morgan fingerprint density at radius 2 is 1.68 bits per heavy atom. The summed E-state index contributed by atoms with van der Waals surface area (Å²) in [6.07, 6.45) is 1.83. The van der Waals surface area contributed by atoms with E-state index < -0.39 is 5.41 Å². The number of aromatic nitrogens is 2. The summed E-state index contributed by atoms with van der Waals surface area (Å²) in [6, 6.07) is 9.93. The molecule has 170 valence electrons. The maximum absolute atomic E-state index is 13.0. The van der Waals surface area contributed by atoms with E-state index in [0.29, 0.717) is 12.4 Å². The Balaban J connectivity index is 2.30. The summed E-state index contributed by atoms with van der Waals surface area (Å²) in [4.78, 5) is 27.5. The lowest BCUT2D eigenvalue weighted by Crippen LogP contribution is -2.44. The van der Waals surface area contributed by atoms with Gasteiger partial charge in [-0.25, -0.2) is 4.68 Å². The third-order valence-electron chi connectivity index (χ3n) is 5.07. The summed E-state index contributed by atoms with van der Waals surface area (Å²) in [6.45, 7) is 16.6. The lowest BCUT2D eigenvalue weighted by atomic mass is 9.92. The van der Waals surface area contributed by atoms with Crippen molar-refractivity contribution in [2.45, 2.75) is 73.6 Å². The highest BCUT2D eigenvalue weighted by atomic mass is 16.2. The second-order valence-electron chi connectivity index (χ2n) is 10.3. The van der Waals surface area contributed by atoms with Crippen LogP contribution < -0.4 is 5.32 Å². The normalized spacial score (nSPS) is 12.0. The van der Waals surface area contributed by atoms with Gasteiger partial charge in [0.25, 0.3) is 0 Å². The van der Waals surface area contributed by atoms with E-state index in [2.05, 4.69) is 33.0 Å². The van der Waals surface area contributed by atoms with Gasteiger partial charge in [0.05, 0.1) is 17.9 Å². The van der Waals surface area contributed by atoms with Gasteiger partial charge in [0.1, 0.15) is 5.82 Å². The van der Waals surface area contributed by atoms with E-state index in [1.54, 1.807) is 9.58 Å². The molecule has 2 rings (SSSR count). The van der Waals surface area contributed by atoms with Crippen molar-refractivity contribution in [3.05, 3.63) is 41.6 Å². The van der Waals surface area contributed by atoms with Crippen LogP contribution >= 0.6 is 0 Å². The molecule has 0 aliphatic heterocycles. The number of carbonyl (C=O) groups is 2. The molecule has 0 saturated carbocycles. The Hall–Kier alpha value is -2.63. The van der Waals surface area contributed by atoms with Crippen LogP contribution in [-0.2, 0) is 15.0 Å². The van der Waals surface area contributed by atoms with E-state index >= 15 is 0 Å². The average Bonchev–Trinajstić information content (AvgIpc) is 3.08. The minimum Gasteiger partial charge on any atom is -0.333 e. The number of nitrogens with zero attached hydrogens (tertiary/aromatic N) is 3. The highest BCUT2D eigenvalue weighted by Gasteiger charge is 2.29. The zero-order valence-corrected chi connectivity index (χ0v) is 20.4. The van der Waals surface area contributed by atoms with Gasteiger partial charge in [-0.15, -0.1) is 0 Å². The van der Waals surface area contributed by atoms with Crippen molar-refractivity contribution >= 4 is 17.6 Å². The Bertz CT molecular complexity index is 899. The summed E-state index contributed by atoms with van der Waals surface area (Å²) < 4.78 is 1.76. The number of carbonyl (C=O) groups excluding carboxylic acids is 2. The Morgan fingerprint density at radius 3 is 2.19 bits per heavy atom. The summed E-state index contributed by atoms with van der Waals surface area (Å²) >= 11 is 0. The lowest BCUT2D eigenvalue weighted by Gasteiger charge is -2.29. The largest absolute Gasteiger partial charge is 0.333 e. The molecule has 0 atom stereocenters. The smallest absolute Gasteiger partial charge is 0.245 e. The summed E-state index contributed by atoms with van der Waals surface area (Å²) in [5, 5.41) is 7.76. The number of nitrogens with one attached hydrogen (secondary N) is 1. The van der Waals surface area contributed by atoms with Gasteiger partial charge in [-0.3, -0.25) is 9.59 Å². The van der Waals surface area contributed by atoms with Gasteiger partial charge in [-0.1, -0.05) is 72.6 Å². The van der Waals surface area contributed by atoms with Crippen LogP contribution in [-0.4, -0.2) is 39.6 Å². The first-order chi connectivity index (χ1) is 14.3. The molecular formula is C25H38N4O2. The van der Waals surface area contributed by atoms with Gasteiger partial charge in [0.15, 0.2) is 0 Å². The molecule has 31 heavy (non-hydrogen) atoms. The summed E-state index contributed by atoms with van der Waals surface area (Å²) in [5.74, 6) is 0.373. The molecule has 6 heteroatoms. The second kappa shape index (κ2) is 9.67. The number of hydrogen-bond acceptors (Lipinski definition) is 3. The molecule has 2 amide bonds. The molecule has 0 aliphatic carbocycles. The van der Waals surface area contributed by atoms with Crippen molar-refractivity contribution in [1.29, 1.82) is 0 Å². The zero-order chi connectivity index (χ0) is 23.4. The molecule has 1 aromatic carbocycles. The lowest BCUT2D eigenvalue weighted by molar-refractivity contribution is -0.141. The van der Waals surface area contributed by atoms with Crippen molar-refractivity contribution in [1.82, 2.24) is 14.7 Å². The van der Waals surface area contributed by atoms with E-state index in [9.17, 15) is 9.59 Å². The van der Waals surface area contributed by atoms with Crippen LogP contribution in [0, 0.1) is 12.3 Å². The quantitative estimate of drug-likeness (QED) is 0.670. The molecule has 0 fully saturated rings. The molecule has 0 aliphatic rings. The van der Waals surface area contributed by atoms with Gasteiger partial charge >= 0.3 is 0 Å². The first kappa shape index (κ1) is 24.6. The molecular weight excluding hydrogens is 388 g/mol. The maximum atomic E-state index is 13.0. The van der Waals surface area contributed by atoms with Crippen LogP contribution in [0.25, 0.3) is 5.69 Å². The molecule has 1 N–H and O–H groups in total. The van der Waals surface area contributed by atoms with E-state index in [1.807, 2.05) is 58.0 Å². The standard InChI is InChI=1S/C25H38N4O2/c1-9-10-15-28(23(31)25(6,7)8)17-22(30)26-21-16-20(24(3,4)5)27-29(21)19-13-11-18(2)12-14-19/h11-14,16H,9-10,15,17H2,1-8H3,(H,26,30). The molecule has 0 saturated heterocycles. The molecule has 6 nitrogen and oxygen atoms in total. The Labute approximate surface area is 187 Å². The minimum atomic E-state index is -0.531. The second-order valence-corrected chi connectivity index (χ2v) is 10.3. The first-order valence-corrected chi connectivity index (χ1v) is 11.1. The molecule has 2 aromatic rings. The zero-order valence-electron chi connectivity index (χ0n) is 20.4. The van der Waals surface area contributed by atoms with Crippen molar-refractivity contribution in [2.24, 2.45) is 5.41 Å². The van der Waals surface area contributed by atoms with Crippen LogP contribution in [0.3, 0.4) is 0 Å². The highest BCUT2D eigenvalue weighted by Crippen LogP contribution is 2.26. The molecule has 0 bridgehead atoms. The van der Waals surface area contributed by atoms with Gasteiger partial charge in [-0.2, -0.15) is 5.10 Å². The Kier molecular flexibility index (Phi) is 7.68. The number of hydrogen-bond donors (Lipinski definition) is 1. The fourth-order valence-electron chi connectivity index (χ4n) is 3.15. The van der Waals surface area contributed by atoms with E-state index in [0.717, 1.165) is 29.8 Å².